The lowest BCUT2D eigenvalue weighted by Crippen LogP contribution is -2.10. The second kappa shape index (κ2) is 7.81. The Kier molecular flexibility index (Phi) is 5.24. The lowest BCUT2D eigenvalue weighted by Gasteiger charge is -2.11. The number of hydrogen-bond donors (Lipinski definition) is 2. The Bertz CT molecular complexity index is 1100. The van der Waals surface area contributed by atoms with E-state index in [1.807, 2.05) is 12.1 Å². The number of fused-ring (bicyclic) bond motifs is 3. The molecule has 0 aliphatic rings. The van der Waals surface area contributed by atoms with Gasteiger partial charge in [0, 0.05) is 18.7 Å². The third kappa shape index (κ3) is 3.70. The summed E-state index contributed by atoms with van der Waals surface area (Å²) in [6, 6.07) is 13.7. The van der Waals surface area contributed by atoms with Crippen molar-refractivity contribution in [2.75, 3.05) is 18.5 Å². The van der Waals surface area contributed by atoms with Gasteiger partial charge in [0.05, 0.1) is 16.3 Å². The van der Waals surface area contributed by atoms with Crippen molar-refractivity contribution in [3.8, 4) is 17.0 Å². The van der Waals surface area contributed by atoms with E-state index in [4.69, 9.17) is 9.72 Å². The van der Waals surface area contributed by atoms with Crippen LogP contribution in [0.25, 0.3) is 26.4 Å². The van der Waals surface area contributed by atoms with Crippen LogP contribution in [-0.4, -0.2) is 33.7 Å². The van der Waals surface area contributed by atoms with E-state index in [0.717, 1.165) is 47.1 Å². The Morgan fingerprint density at radius 2 is 1.96 bits per heavy atom. The third-order valence-corrected chi connectivity index (χ3v) is 5.61. The molecule has 0 fully saturated rings. The van der Waals surface area contributed by atoms with Crippen molar-refractivity contribution < 1.29 is 9.84 Å². The van der Waals surface area contributed by atoms with Gasteiger partial charge in [-0.1, -0.05) is 17.4 Å². The van der Waals surface area contributed by atoms with Crippen LogP contribution in [0.5, 0.6) is 5.75 Å². The zero-order valence-electron chi connectivity index (χ0n) is 16.4. The van der Waals surface area contributed by atoms with E-state index in [1.165, 1.54) is 10.3 Å². The molecule has 5 nitrogen and oxygen atoms in total. The van der Waals surface area contributed by atoms with Gasteiger partial charge in [-0.3, -0.25) is 4.40 Å². The Morgan fingerprint density at radius 1 is 1.18 bits per heavy atom. The van der Waals surface area contributed by atoms with Gasteiger partial charge in [-0.05, 0) is 69.2 Å². The highest BCUT2D eigenvalue weighted by Gasteiger charge is 2.18. The highest BCUT2D eigenvalue weighted by atomic mass is 32.1. The Morgan fingerprint density at radius 3 is 2.71 bits per heavy atom. The average molecular weight is 396 g/mol. The molecule has 2 aromatic carbocycles. The van der Waals surface area contributed by atoms with Crippen molar-refractivity contribution in [1.82, 2.24) is 9.38 Å². The van der Waals surface area contributed by atoms with Crippen LogP contribution in [0.2, 0.25) is 0 Å². The molecule has 0 amide bonds. The molecule has 0 radical (unpaired) electrons. The molecule has 2 heterocycles. The molecule has 6 heteroatoms. The zero-order valence-corrected chi connectivity index (χ0v) is 17.2. The smallest absolute Gasteiger partial charge is 0.197 e. The Labute approximate surface area is 168 Å². The van der Waals surface area contributed by atoms with Crippen LogP contribution in [0.15, 0.2) is 42.5 Å². The van der Waals surface area contributed by atoms with E-state index in [1.54, 1.807) is 23.5 Å². The Balaban J connectivity index is 1.73. The van der Waals surface area contributed by atoms with E-state index in [-0.39, 0.29) is 11.9 Å². The molecule has 0 atom stereocenters. The minimum Gasteiger partial charge on any atom is -0.508 e. The number of aryl methyl sites for hydroxylation is 1. The highest BCUT2D eigenvalue weighted by Crippen LogP contribution is 2.36. The minimum absolute atomic E-state index is 0.248. The first-order valence-electron chi connectivity index (χ1n) is 9.59. The quantitative estimate of drug-likeness (QED) is 0.408. The lowest BCUT2D eigenvalue weighted by molar-refractivity contribution is 0.0787. The van der Waals surface area contributed by atoms with Crippen molar-refractivity contribution in [3.05, 3.63) is 48.0 Å². The van der Waals surface area contributed by atoms with E-state index in [9.17, 15) is 5.11 Å². The van der Waals surface area contributed by atoms with Crippen LogP contribution in [0.1, 0.15) is 25.8 Å². The maximum atomic E-state index is 9.63. The topological polar surface area (TPSA) is 58.8 Å². The van der Waals surface area contributed by atoms with Crippen LogP contribution in [-0.2, 0) is 4.74 Å². The molecular weight excluding hydrogens is 370 g/mol. The SMILES string of the molecule is Cc1ccc2c(c1)sc1nc(-c3ccc(O)cc3)c(NCCCOC(C)C)n12. The predicted molar refractivity (Wildman–Crippen MR) is 117 cm³/mol. The number of nitrogens with one attached hydrogen (secondary N) is 1. The number of rotatable bonds is 7. The number of phenolic OH excluding ortho intramolecular Hbond substituents is 1. The largest absolute Gasteiger partial charge is 0.508 e. The summed E-state index contributed by atoms with van der Waals surface area (Å²) in [6.45, 7) is 7.74. The number of hydrogen-bond acceptors (Lipinski definition) is 5. The van der Waals surface area contributed by atoms with Crippen LogP contribution < -0.4 is 5.32 Å². The number of nitrogens with zero attached hydrogens (tertiary/aromatic N) is 2. The second-order valence-corrected chi connectivity index (χ2v) is 8.26. The number of aromatic nitrogens is 2. The first-order chi connectivity index (χ1) is 13.5. The van der Waals surface area contributed by atoms with Crippen molar-refractivity contribution in [3.63, 3.8) is 0 Å². The maximum Gasteiger partial charge on any atom is 0.197 e. The first-order valence-corrected chi connectivity index (χ1v) is 10.4. The van der Waals surface area contributed by atoms with Crippen molar-refractivity contribution in [2.45, 2.75) is 33.3 Å². The van der Waals surface area contributed by atoms with Gasteiger partial charge < -0.3 is 15.2 Å². The van der Waals surface area contributed by atoms with E-state index < -0.39 is 0 Å². The van der Waals surface area contributed by atoms with Crippen molar-refractivity contribution in [2.24, 2.45) is 0 Å². The molecule has 0 saturated carbocycles. The molecule has 2 N–H and O–H groups in total. The maximum absolute atomic E-state index is 9.63. The summed E-state index contributed by atoms with van der Waals surface area (Å²) in [6.07, 6.45) is 1.17. The van der Waals surface area contributed by atoms with Crippen molar-refractivity contribution >= 4 is 32.3 Å². The molecule has 0 unspecified atom stereocenters. The lowest BCUT2D eigenvalue weighted by atomic mass is 10.1. The van der Waals surface area contributed by atoms with Gasteiger partial charge in [-0.15, -0.1) is 0 Å². The number of phenols is 1. The molecule has 0 bridgehead atoms. The fourth-order valence-electron chi connectivity index (χ4n) is 3.26. The molecular formula is C22H25N3O2S. The number of thiazole rings is 1. The monoisotopic (exact) mass is 395 g/mol. The number of aromatic hydroxyl groups is 1. The highest BCUT2D eigenvalue weighted by molar-refractivity contribution is 7.23. The number of imidazole rings is 1. The second-order valence-electron chi connectivity index (χ2n) is 7.25. The van der Waals surface area contributed by atoms with Gasteiger partial charge in [0.1, 0.15) is 17.3 Å². The van der Waals surface area contributed by atoms with Gasteiger partial charge in [-0.2, -0.15) is 0 Å². The molecule has 0 aliphatic heterocycles. The summed E-state index contributed by atoms with van der Waals surface area (Å²) >= 11 is 1.69. The first kappa shape index (κ1) is 18.8. The molecule has 146 valence electrons. The van der Waals surface area contributed by atoms with Crippen LogP contribution in [0.4, 0.5) is 5.82 Å². The summed E-state index contributed by atoms with van der Waals surface area (Å²) in [5.41, 5.74) is 4.29. The third-order valence-electron chi connectivity index (χ3n) is 4.61. The Hall–Kier alpha value is -2.57. The normalized spacial score (nSPS) is 11.7. The van der Waals surface area contributed by atoms with E-state index >= 15 is 0 Å². The van der Waals surface area contributed by atoms with Crippen molar-refractivity contribution in [1.29, 1.82) is 0 Å². The average Bonchev–Trinajstić information content (AvgIpc) is 3.17. The number of anilines is 1. The van der Waals surface area contributed by atoms with Gasteiger partial charge in [0.2, 0.25) is 0 Å². The number of ether oxygens (including phenoxy) is 1. The van der Waals surface area contributed by atoms with E-state index in [0.29, 0.717) is 0 Å². The van der Waals surface area contributed by atoms with Crippen LogP contribution in [0.3, 0.4) is 0 Å². The summed E-state index contributed by atoms with van der Waals surface area (Å²) < 4.78 is 9.08. The molecule has 2 aromatic heterocycles. The summed E-state index contributed by atoms with van der Waals surface area (Å²) in [5.74, 6) is 1.24. The molecule has 4 rings (SSSR count). The molecule has 0 spiro atoms. The van der Waals surface area contributed by atoms with Gasteiger partial charge >= 0.3 is 0 Å². The fraction of sp³-hybridized carbons (Fsp3) is 0.318. The van der Waals surface area contributed by atoms with Gasteiger partial charge in [0.15, 0.2) is 4.96 Å². The summed E-state index contributed by atoms with van der Waals surface area (Å²) in [4.78, 5) is 5.88. The van der Waals surface area contributed by atoms with Crippen LogP contribution in [0, 0.1) is 6.92 Å². The summed E-state index contributed by atoms with van der Waals surface area (Å²) in [7, 11) is 0. The fourth-order valence-corrected chi connectivity index (χ4v) is 4.38. The molecule has 28 heavy (non-hydrogen) atoms. The minimum atomic E-state index is 0.248. The van der Waals surface area contributed by atoms with Gasteiger partial charge in [0.25, 0.3) is 0 Å². The van der Waals surface area contributed by atoms with Gasteiger partial charge in [-0.25, -0.2) is 4.98 Å². The molecule has 0 aliphatic carbocycles. The molecule has 0 saturated heterocycles. The zero-order chi connectivity index (χ0) is 19.7. The standard InChI is InChI=1S/C22H25N3O2S/c1-14(2)27-12-4-11-23-21-20(16-6-8-17(26)9-7-16)24-22-25(21)18-10-5-15(3)13-19(18)28-22/h5-10,13-14,23,26H,4,11-12H2,1-3H3. The van der Waals surface area contributed by atoms with E-state index in [2.05, 4.69) is 48.7 Å². The van der Waals surface area contributed by atoms with Crippen LogP contribution >= 0.6 is 11.3 Å². The number of benzene rings is 2. The predicted octanol–water partition coefficient (Wildman–Crippen LogP) is 5.46. The summed E-state index contributed by atoms with van der Waals surface area (Å²) in [5, 5.41) is 13.2. The molecule has 4 aromatic rings.